The second-order valence-electron chi connectivity index (χ2n) is 7.75. The number of aliphatic carboxylic acids is 1. The first kappa shape index (κ1) is 20.6. The molecule has 1 atom stereocenters. The van der Waals surface area contributed by atoms with Gasteiger partial charge >= 0.3 is 12.1 Å². The molecule has 1 aliphatic heterocycles. The molecule has 0 unspecified atom stereocenters. The highest BCUT2D eigenvalue weighted by molar-refractivity contribution is 5.83. The van der Waals surface area contributed by atoms with Gasteiger partial charge in [0.05, 0.1) is 24.2 Å². The highest BCUT2D eigenvalue weighted by atomic mass is 16.6. The van der Waals surface area contributed by atoms with E-state index in [0.717, 1.165) is 0 Å². The molecule has 1 amide bonds. The summed E-state index contributed by atoms with van der Waals surface area (Å²) in [6, 6.07) is 6.34. The number of nitrogens with zero attached hydrogens (tertiary/aromatic N) is 4. The number of piperazine rings is 1. The van der Waals surface area contributed by atoms with Crippen molar-refractivity contribution in [3.8, 4) is 5.88 Å². The van der Waals surface area contributed by atoms with Gasteiger partial charge in [-0.2, -0.15) is 0 Å². The van der Waals surface area contributed by atoms with Crippen LogP contribution in [0.3, 0.4) is 0 Å². The molecule has 9 heteroatoms. The molecular weight excluding hydrogens is 376 g/mol. The molecule has 0 aliphatic carbocycles. The Bertz CT molecular complexity index is 911. The fourth-order valence-corrected chi connectivity index (χ4v) is 3.14. The molecule has 1 N–H and O–H groups in total. The predicted octanol–water partition coefficient (Wildman–Crippen LogP) is 2.54. The number of carboxylic acids is 1. The largest absolute Gasteiger partial charge is 0.480 e. The number of rotatable bonds is 4. The van der Waals surface area contributed by atoms with Crippen molar-refractivity contribution in [2.45, 2.75) is 39.3 Å². The minimum atomic E-state index is -1.06. The van der Waals surface area contributed by atoms with Crippen LogP contribution in [0, 0.1) is 0 Å². The Kier molecular flexibility index (Phi) is 5.76. The van der Waals surface area contributed by atoms with Gasteiger partial charge in [0, 0.05) is 13.1 Å². The third-order valence-electron chi connectivity index (χ3n) is 4.39. The molecule has 1 saturated heterocycles. The minimum absolute atomic E-state index is 0.0235. The summed E-state index contributed by atoms with van der Waals surface area (Å²) < 4.78 is 11.0. The number of hydrogen-bond acceptors (Lipinski definition) is 7. The minimum Gasteiger partial charge on any atom is -0.480 e. The number of para-hydroxylation sites is 2. The van der Waals surface area contributed by atoms with Crippen LogP contribution in [-0.4, -0.2) is 69.9 Å². The molecule has 0 bridgehead atoms. The maximum Gasteiger partial charge on any atom is 0.410 e. The molecule has 2 heterocycles. The van der Waals surface area contributed by atoms with Crippen molar-refractivity contribution in [2.24, 2.45) is 0 Å². The van der Waals surface area contributed by atoms with Crippen molar-refractivity contribution in [1.82, 2.24) is 14.9 Å². The van der Waals surface area contributed by atoms with Gasteiger partial charge in [0.15, 0.2) is 5.82 Å². The lowest BCUT2D eigenvalue weighted by atomic mass is 10.1. The highest BCUT2D eigenvalue weighted by Crippen LogP contribution is 2.30. The average molecular weight is 402 g/mol. The number of anilines is 1. The van der Waals surface area contributed by atoms with E-state index in [1.54, 1.807) is 25.7 Å². The number of amides is 1. The van der Waals surface area contributed by atoms with E-state index >= 15 is 0 Å². The number of carbonyl (C=O) groups excluding carboxylic acids is 1. The molecule has 2 aromatic rings. The molecular formula is C20H26N4O5. The number of ether oxygens (including phenoxy) is 2. The number of benzene rings is 1. The van der Waals surface area contributed by atoms with Crippen LogP contribution < -0.4 is 9.64 Å². The standard InChI is InChI=1S/C20H26N4O5/c1-5-28-17-16(21-13-8-6-7-9-14(13)22-17)24-11-10-23(12-15(24)18(25)26)19(27)29-20(2,3)4/h6-9,15H,5,10-12H2,1-4H3,(H,25,26)/t15-/m0/s1. The van der Waals surface area contributed by atoms with Gasteiger partial charge in [-0.05, 0) is 39.8 Å². The molecule has 1 fully saturated rings. The molecule has 3 rings (SSSR count). The Labute approximate surface area is 169 Å². The van der Waals surface area contributed by atoms with Crippen LogP contribution in [0.5, 0.6) is 5.88 Å². The zero-order chi connectivity index (χ0) is 21.2. The van der Waals surface area contributed by atoms with Gasteiger partial charge in [-0.1, -0.05) is 12.1 Å². The Hall–Kier alpha value is -3.10. The van der Waals surface area contributed by atoms with Crippen molar-refractivity contribution in [3.05, 3.63) is 24.3 Å². The molecule has 29 heavy (non-hydrogen) atoms. The molecule has 0 spiro atoms. The van der Waals surface area contributed by atoms with E-state index in [-0.39, 0.29) is 19.0 Å². The molecule has 0 saturated carbocycles. The van der Waals surface area contributed by atoms with Crippen LogP contribution in [0.15, 0.2) is 24.3 Å². The van der Waals surface area contributed by atoms with Crippen LogP contribution in [-0.2, 0) is 9.53 Å². The van der Waals surface area contributed by atoms with E-state index in [1.807, 2.05) is 31.2 Å². The Morgan fingerprint density at radius 3 is 2.41 bits per heavy atom. The summed E-state index contributed by atoms with van der Waals surface area (Å²) in [6.07, 6.45) is -0.530. The van der Waals surface area contributed by atoms with E-state index in [4.69, 9.17) is 9.47 Å². The third kappa shape index (κ3) is 4.67. The molecule has 156 valence electrons. The zero-order valence-electron chi connectivity index (χ0n) is 17.1. The molecule has 0 radical (unpaired) electrons. The van der Waals surface area contributed by atoms with Crippen LogP contribution >= 0.6 is 0 Å². The smallest absolute Gasteiger partial charge is 0.410 e. The van der Waals surface area contributed by atoms with Gasteiger partial charge < -0.3 is 24.4 Å². The zero-order valence-corrected chi connectivity index (χ0v) is 17.1. The summed E-state index contributed by atoms with van der Waals surface area (Å²) in [5.41, 5.74) is 0.655. The van der Waals surface area contributed by atoms with Crippen molar-refractivity contribution in [1.29, 1.82) is 0 Å². The number of carbonyl (C=O) groups is 2. The van der Waals surface area contributed by atoms with Crippen LogP contribution in [0.1, 0.15) is 27.7 Å². The van der Waals surface area contributed by atoms with Gasteiger partial charge in [-0.15, -0.1) is 0 Å². The van der Waals surface area contributed by atoms with E-state index in [1.165, 1.54) is 4.90 Å². The third-order valence-corrected chi connectivity index (χ3v) is 4.39. The predicted molar refractivity (Wildman–Crippen MR) is 107 cm³/mol. The number of fused-ring (bicyclic) bond motifs is 1. The number of hydrogen-bond donors (Lipinski definition) is 1. The first-order chi connectivity index (χ1) is 13.7. The van der Waals surface area contributed by atoms with Crippen molar-refractivity contribution in [2.75, 3.05) is 31.1 Å². The van der Waals surface area contributed by atoms with E-state index in [9.17, 15) is 14.7 Å². The maximum atomic E-state index is 12.4. The molecule has 9 nitrogen and oxygen atoms in total. The Balaban J connectivity index is 1.93. The highest BCUT2D eigenvalue weighted by Gasteiger charge is 2.38. The van der Waals surface area contributed by atoms with E-state index in [0.29, 0.717) is 30.0 Å². The van der Waals surface area contributed by atoms with Crippen molar-refractivity contribution >= 4 is 28.9 Å². The summed E-state index contributed by atoms with van der Waals surface area (Å²) >= 11 is 0. The van der Waals surface area contributed by atoms with Gasteiger partial charge in [0.1, 0.15) is 11.6 Å². The number of carboxylic acid groups (broad SMARTS) is 1. The monoisotopic (exact) mass is 402 g/mol. The fourth-order valence-electron chi connectivity index (χ4n) is 3.14. The van der Waals surface area contributed by atoms with Crippen molar-refractivity contribution in [3.63, 3.8) is 0 Å². The number of aromatic nitrogens is 2. The van der Waals surface area contributed by atoms with E-state index < -0.39 is 23.7 Å². The lowest BCUT2D eigenvalue weighted by molar-refractivity contribution is -0.139. The van der Waals surface area contributed by atoms with Crippen LogP contribution in [0.2, 0.25) is 0 Å². The summed E-state index contributed by atoms with van der Waals surface area (Å²) in [4.78, 5) is 36.6. The molecule has 1 aromatic carbocycles. The summed E-state index contributed by atoms with van der Waals surface area (Å²) in [6.45, 7) is 8.07. The summed E-state index contributed by atoms with van der Waals surface area (Å²) in [5.74, 6) is -0.416. The van der Waals surface area contributed by atoms with Crippen molar-refractivity contribution < 1.29 is 24.2 Å². The SMILES string of the molecule is CCOc1nc2ccccc2nc1N1CCN(C(=O)OC(C)(C)C)C[C@H]1C(=O)O. The normalized spacial score (nSPS) is 17.3. The quantitative estimate of drug-likeness (QED) is 0.832. The second kappa shape index (κ2) is 8.10. The van der Waals surface area contributed by atoms with Gasteiger partial charge in [-0.3, -0.25) is 0 Å². The van der Waals surface area contributed by atoms with Gasteiger partial charge in [0.25, 0.3) is 5.88 Å². The Morgan fingerprint density at radius 1 is 1.17 bits per heavy atom. The summed E-state index contributed by atoms with van der Waals surface area (Å²) in [7, 11) is 0. The second-order valence-corrected chi connectivity index (χ2v) is 7.75. The first-order valence-corrected chi connectivity index (χ1v) is 9.56. The molecule has 1 aromatic heterocycles. The fraction of sp³-hybridized carbons (Fsp3) is 0.500. The van der Waals surface area contributed by atoms with Gasteiger partial charge in [0.2, 0.25) is 0 Å². The van der Waals surface area contributed by atoms with E-state index in [2.05, 4.69) is 9.97 Å². The average Bonchev–Trinajstić information content (AvgIpc) is 2.66. The molecule has 1 aliphatic rings. The Morgan fingerprint density at radius 2 is 1.83 bits per heavy atom. The summed E-state index contributed by atoms with van der Waals surface area (Å²) in [5, 5.41) is 9.83. The topological polar surface area (TPSA) is 105 Å². The van der Waals surface area contributed by atoms with Gasteiger partial charge in [-0.25, -0.2) is 19.6 Å². The maximum absolute atomic E-state index is 12.4. The lowest BCUT2D eigenvalue weighted by Gasteiger charge is -2.40. The lowest BCUT2D eigenvalue weighted by Crippen LogP contribution is -2.58. The van der Waals surface area contributed by atoms with Crippen LogP contribution in [0.4, 0.5) is 10.6 Å². The first-order valence-electron chi connectivity index (χ1n) is 9.56. The van der Waals surface area contributed by atoms with Crippen LogP contribution in [0.25, 0.3) is 11.0 Å².